The fraction of sp³-hybridized carbons (Fsp3) is 0.462. The molecule has 0 aromatic carbocycles. The predicted octanol–water partition coefficient (Wildman–Crippen LogP) is 1.41. The number of anilines is 2. The first-order valence-corrected chi connectivity index (χ1v) is 6.78. The summed E-state index contributed by atoms with van der Waals surface area (Å²) in [5, 5.41) is 3.36. The molecule has 0 saturated carbocycles. The molecule has 2 aromatic heterocycles. The molecule has 0 radical (unpaired) electrons. The van der Waals surface area contributed by atoms with Crippen LogP contribution >= 0.6 is 0 Å². The molecule has 0 saturated heterocycles. The summed E-state index contributed by atoms with van der Waals surface area (Å²) in [5.41, 5.74) is 2.58. The first-order valence-electron chi connectivity index (χ1n) is 6.78. The molecule has 20 heavy (non-hydrogen) atoms. The molecule has 0 spiro atoms. The molecule has 0 fully saturated rings. The van der Waals surface area contributed by atoms with E-state index in [4.69, 9.17) is 5.84 Å². The molecule has 1 atom stereocenters. The summed E-state index contributed by atoms with van der Waals surface area (Å²) in [4.78, 5) is 12.9. The van der Waals surface area contributed by atoms with Gasteiger partial charge in [0.05, 0.1) is 6.33 Å². The highest BCUT2D eigenvalue weighted by atomic mass is 15.3. The molecule has 1 unspecified atom stereocenters. The number of hydrogen-bond acceptors (Lipinski definition) is 6. The van der Waals surface area contributed by atoms with Gasteiger partial charge in [0.1, 0.15) is 17.5 Å². The van der Waals surface area contributed by atoms with Crippen LogP contribution in [0, 0.1) is 0 Å². The normalized spacial score (nSPS) is 12.2. The van der Waals surface area contributed by atoms with E-state index in [2.05, 4.69) is 39.5 Å². The summed E-state index contributed by atoms with van der Waals surface area (Å²) in [6, 6.07) is 2.03. The molecular formula is C13H21N7. The Balaban J connectivity index is 2.05. The fourth-order valence-corrected chi connectivity index (χ4v) is 1.99. The van der Waals surface area contributed by atoms with Crippen LogP contribution in [0.15, 0.2) is 24.8 Å². The molecule has 0 bridgehead atoms. The number of aromatic nitrogens is 4. The Kier molecular flexibility index (Phi) is 4.89. The van der Waals surface area contributed by atoms with Crippen molar-refractivity contribution in [1.82, 2.24) is 19.5 Å². The number of hydrazine groups is 1. The van der Waals surface area contributed by atoms with E-state index < -0.39 is 0 Å². The third kappa shape index (κ3) is 3.92. The molecule has 0 aliphatic rings. The predicted molar refractivity (Wildman–Crippen MR) is 79.1 cm³/mol. The van der Waals surface area contributed by atoms with Gasteiger partial charge in [0, 0.05) is 37.5 Å². The lowest BCUT2D eigenvalue weighted by Gasteiger charge is -2.16. The van der Waals surface area contributed by atoms with Gasteiger partial charge in [-0.15, -0.1) is 0 Å². The van der Waals surface area contributed by atoms with Gasteiger partial charge in [-0.3, -0.25) is 0 Å². The number of imidazole rings is 1. The van der Waals surface area contributed by atoms with Crippen LogP contribution in [0.3, 0.4) is 0 Å². The number of rotatable bonds is 7. The smallest absolute Gasteiger partial charge is 0.145 e. The van der Waals surface area contributed by atoms with Crippen LogP contribution in [-0.4, -0.2) is 25.6 Å². The Bertz CT molecular complexity index is 524. The van der Waals surface area contributed by atoms with Gasteiger partial charge in [-0.05, 0) is 13.3 Å². The number of nitrogen functional groups attached to an aromatic ring is 1. The van der Waals surface area contributed by atoms with Crippen molar-refractivity contribution < 1.29 is 0 Å². The van der Waals surface area contributed by atoms with Crippen LogP contribution in [0.2, 0.25) is 0 Å². The first kappa shape index (κ1) is 14.3. The maximum absolute atomic E-state index is 5.44. The molecule has 7 nitrogen and oxygen atoms in total. The van der Waals surface area contributed by atoms with Gasteiger partial charge >= 0.3 is 0 Å². The Morgan fingerprint density at radius 1 is 1.35 bits per heavy atom. The number of nitrogens with two attached hydrogens (primary N) is 1. The van der Waals surface area contributed by atoms with Crippen LogP contribution < -0.4 is 16.6 Å². The van der Waals surface area contributed by atoms with Crippen molar-refractivity contribution >= 4 is 11.6 Å². The Morgan fingerprint density at radius 3 is 2.80 bits per heavy atom. The van der Waals surface area contributed by atoms with Gasteiger partial charge in [0.2, 0.25) is 0 Å². The molecule has 2 aromatic rings. The maximum Gasteiger partial charge on any atom is 0.145 e. The van der Waals surface area contributed by atoms with Crippen molar-refractivity contribution in [3.63, 3.8) is 0 Å². The van der Waals surface area contributed by atoms with Crippen molar-refractivity contribution in [2.45, 2.75) is 39.3 Å². The first-order chi connectivity index (χ1) is 9.71. The quantitative estimate of drug-likeness (QED) is 0.522. The molecule has 0 amide bonds. The zero-order chi connectivity index (χ0) is 14.4. The van der Waals surface area contributed by atoms with Gasteiger partial charge in [-0.25, -0.2) is 20.8 Å². The van der Waals surface area contributed by atoms with Crippen LogP contribution in [0.5, 0.6) is 0 Å². The molecule has 0 aliphatic heterocycles. The van der Waals surface area contributed by atoms with Crippen molar-refractivity contribution in [2.24, 2.45) is 5.84 Å². The second-order valence-corrected chi connectivity index (χ2v) is 4.75. The highest BCUT2D eigenvalue weighted by Gasteiger charge is 2.07. The van der Waals surface area contributed by atoms with E-state index in [1.807, 2.05) is 16.8 Å². The standard InChI is InChI=1S/C13H21N7/c1-3-4-11-17-12(7-13(18-11)19-14)16-10(2)8-20-6-5-15-9-20/h5-7,9-10H,3-4,8,14H2,1-2H3,(H2,16,17,18,19). The molecule has 0 aliphatic carbocycles. The summed E-state index contributed by atoms with van der Waals surface area (Å²) in [5.74, 6) is 7.64. The summed E-state index contributed by atoms with van der Waals surface area (Å²) in [6.45, 7) is 5.01. The zero-order valence-electron chi connectivity index (χ0n) is 11.9. The Hall–Kier alpha value is -2.15. The summed E-state index contributed by atoms with van der Waals surface area (Å²) >= 11 is 0. The van der Waals surface area contributed by atoms with E-state index >= 15 is 0 Å². The second kappa shape index (κ2) is 6.85. The lowest BCUT2D eigenvalue weighted by Crippen LogP contribution is -2.22. The minimum Gasteiger partial charge on any atom is -0.366 e. The van der Waals surface area contributed by atoms with Gasteiger partial charge in [0.25, 0.3) is 0 Å². The molecule has 108 valence electrons. The minimum absolute atomic E-state index is 0.221. The average molecular weight is 275 g/mol. The van der Waals surface area contributed by atoms with Gasteiger partial charge in [-0.1, -0.05) is 6.92 Å². The van der Waals surface area contributed by atoms with E-state index in [1.165, 1.54) is 0 Å². The molecule has 2 heterocycles. The summed E-state index contributed by atoms with van der Waals surface area (Å²) in [7, 11) is 0. The highest BCUT2D eigenvalue weighted by Crippen LogP contribution is 2.13. The highest BCUT2D eigenvalue weighted by molar-refractivity contribution is 5.47. The molecule has 4 N–H and O–H groups in total. The van der Waals surface area contributed by atoms with Crippen LogP contribution in [0.4, 0.5) is 11.6 Å². The van der Waals surface area contributed by atoms with E-state index in [9.17, 15) is 0 Å². The van der Waals surface area contributed by atoms with E-state index in [0.717, 1.165) is 31.0 Å². The topological polar surface area (TPSA) is 93.7 Å². The second-order valence-electron chi connectivity index (χ2n) is 4.75. The summed E-state index contributed by atoms with van der Waals surface area (Å²) in [6.07, 6.45) is 7.34. The van der Waals surface area contributed by atoms with E-state index in [-0.39, 0.29) is 6.04 Å². The third-order valence-electron chi connectivity index (χ3n) is 2.83. The zero-order valence-corrected chi connectivity index (χ0v) is 11.9. The Morgan fingerprint density at radius 2 is 2.15 bits per heavy atom. The van der Waals surface area contributed by atoms with Crippen molar-refractivity contribution in [3.8, 4) is 0 Å². The summed E-state index contributed by atoms with van der Waals surface area (Å²) < 4.78 is 2.02. The number of nitrogens with one attached hydrogen (secondary N) is 2. The minimum atomic E-state index is 0.221. The lowest BCUT2D eigenvalue weighted by atomic mass is 10.3. The number of aryl methyl sites for hydroxylation is 1. The maximum atomic E-state index is 5.44. The van der Waals surface area contributed by atoms with Gasteiger partial charge in [0.15, 0.2) is 0 Å². The lowest BCUT2D eigenvalue weighted by molar-refractivity contribution is 0.616. The van der Waals surface area contributed by atoms with Gasteiger partial charge in [-0.2, -0.15) is 0 Å². The third-order valence-corrected chi connectivity index (χ3v) is 2.83. The van der Waals surface area contributed by atoms with Gasteiger partial charge < -0.3 is 15.3 Å². The van der Waals surface area contributed by atoms with Crippen LogP contribution in [0.25, 0.3) is 0 Å². The monoisotopic (exact) mass is 275 g/mol. The van der Waals surface area contributed by atoms with Crippen molar-refractivity contribution in [1.29, 1.82) is 0 Å². The molecule has 2 rings (SSSR count). The van der Waals surface area contributed by atoms with Crippen molar-refractivity contribution in [2.75, 3.05) is 10.7 Å². The van der Waals surface area contributed by atoms with Crippen LogP contribution in [0.1, 0.15) is 26.1 Å². The largest absolute Gasteiger partial charge is 0.366 e. The molecule has 7 heteroatoms. The number of hydrogen-bond donors (Lipinski definition) is 3. The van der Waals surface area contributed by atoms with E-state index in [1.54, 1.807) is 12.5 Å². The SMILES string of the molecule is CCCc1nc(NN)cc(NC(C)Cn2ccnc2)n1. The van der Waals surface area contributed by atoms with Crippen molar-refractivity contribution in [3.05, 3.63) is 30.6 Å². The van der Waals surface area contributed by atoms with E-state index in [0.29, 0.717) is 5.82 Å². The average Bonchev–Trinajstić information content (AvgIpc) is 2.91. The van der Waals surface area contributed by atoms with Crippen LogP contribution in [-0.2, 0) is 13.0 Å². The Labute approximate surface area is 118 Å². The fourth-order valence-electron chi connectivity index (χ4n) is 1.99. The number of nitrogens with zero attached hydrogens (tertiary/aromatic N) is 4. The molecular weight excluding hydrogens is 254 g/mol.